The first kappa shape index (κ1) is 18.1. The van der Waals surface area contributed by atoms with Gasteiger partial charge in [-0.2, -0.15) is 0 Å². The lowest BCUT2D eigenvalue weighted by molar-refractivity contribution is -0.132. The highest BCUT2D eigenvalue weighted by atomic mass is 32.2. The average Bonchev–Trinajstić information content (AvgIpc) is 3.15. The van der Waals surface area contributed by atoms with Gasteiger partial charge in [0.15, 0.2) is 15.6 Å². The van der Waals surface area contributed by atoms with E-state index >= 15 is 0 Å². The Morgan fingerprint density at radius 2 is 2.23 bits per heavy atom. The number of amides is 1. The summed E-state index contributed by atoms with van der Waals surface area (Å²) < 4.78 is 25.8. The number of rotatable bonds is 6. The van der Waals surface area contributed by atoms with E-state index in [0.29, 0.717) is 12.0 Å². The number of sulfone groups is 1. The van der Waals surface area contributed by atoms with Crippen molar-refractivity contribution in [2.45, 2.75) is 30.4 Å². The minimum Gasteiger partial charge on any atom is -0.506 e. The molecular weight excluding hydrogens is 362 g/mol. The van der Waals surface area contributed by atoms with Crippen LogP contribution < -0.4 is 5.32 Å². The molecule has 3 heterocycles. The van der Waals surface area contributed by atoms with Crippen LogP contribution in [0.15, 0.2) is 29.7 Å². The summed E-state index contributed by atoms with van der Waals surface area (Å²) in [5, 5.41) is 11.3. The summed E-state index contributed by atoms with van der Waals surface area (Å²) in [6.45, 7) is 0.00985. The lowest BCUT2D eigenvalue weighted by Gasteiger charge is -2.26. The van der Waals surface area contributed by atoms with E-state index in [1.165, 1.54) is 18.3 Å². The van der Waals surface area contributed by atoms with Gasteiger partial charge >= 0.3 is 0 Å². The predicted octanol–water partition coefficient (Wildman–Crippen LogP) is -0.377. The zero-order chi connectivity index (χ0) is 18.9. The van der Waals surface area contributed by atoms with Gasteiger partial charge in [0.1, 0.15) is 23.1 Å². The molecule has 1 amide bonds. The van der Waals surface area contributed by atoms with E-state index in [1.807, 2.05) is 0 Å². The standard InChI is InChI=1S/C16H17N3O6S/c20-6-2-4-14(23)19-15(7-10-16(19)13(22)8-18-10)26(24,25)9-11-12(21)3-1-5-17-11/h1,3,5-6,15,18,21H,2,4,7-9H2. The van der Waals surface area contributed by atoms with Gasteiger partial charge in [0.2, 0.25) is 5.91 Å². The van der Waals surface area contributed by atoms with Crippen LogP contribution in [0, 0.1) is 0 Å². The number of ketones is 1. The molecule has 0 aromatic carbocycles. The highest BCUT2D eigenvalue weighted by Gasteiger charge is 2.47. The normalized spacial score (nSPS) is 19.5. The number of hydrogen-bond acceptors (Lipinski definition) is 8. The number of nitrogens with one attached hydrogen (secondary N) is 1. The van der Waals surface area contributed by atoms with E-state index in [-0.39, 0.29) is 48.7 Å². The SMILES string of the molecule is O=CCCC(=O)N1C2=C(CC1S(=O)(=O)Cc1ncccc1O)NCC2=O. The third-order valence-electron chi connectivity index (χ3n) is 4.28. The van der Waals surface area contributed by atoms with Crippen LogP contribution in [-0.4, -0.2) is 53.3 Å². The van der Waals surface area contributed by atoms with Gasteiger partial charge < -0.3 is 15.2 Å². The summed E-state index contributed by atoms with van der Waals surface area (Å²) in [7, 11) is -3.96. The van der Waals surface area contributed by atoms with Gasteiger partial charge in [-0.3, -0.25) is 19.5 Å². The van der Waals surface area contributed by atoms with Crippen molar-refractivity contribution in [3.63, 3.8) is 0 Å². The summed E-state index contributed by atoms with van der Waals surface area (Å²) in [5.41, 5.74) is 0.437. The molecule has 2 aliphatic heterocycles. The quantitative estimate of drug-likeness (QED) is 0.639. The Hall–Kier alpha value is -2.75. The summed E-state index contributed by atoms with van der Waals surface area (Å²) in [6, 6.07) is 2.79. The predicted molar refractivity (Wildman–Crippen MR) is 89.1 cm³/mol. The second-order valence-corrected chi connectivity index (χ2v) is 8.17. The van der Waals surface area contributed by atoms with Crippen LogP contribution in [0.4, 0.5) is 0 Å². The molecule has 10 heteroatoms. The topological polar surface area (TPSA) is 134 Å². The van der Waals surface area contributed by atoms with Crippen molar-refractivity contribution in [2.24, 2.45) is 0 Å². The Morgan fingerprint density at radius 3 is 2.92 bits per heavy atom. The molecule has 0 bridgehead atoms. The number of aldehydes is 1. The second kappa shape index (κ2) is 6.87. The zero-order valence-corrected chi connectivity index (χ0v) is 14.5. The first-order valence-corrected chi connectivity index (χ1v) is 9.67. The van der Waals surface area contributed by atoms with Gasteiger partial charge in [-0.25, -0.2) is 8.42 Å². The van der Waals surface area contributed by atoms with Gasteiger partial charge in [0.05, 0.1) is 18.0 Å². The van der Waals surface area contributed by atoms with Crippen LogP contribution in [0.1, 0.15) is 25.0 Å². The Balaban J connectivity index is 1.92. The third kappa shape index (κ3) is 3.19. The van der Waals surface area contributed by atoms with Gasteiger partial charge in [-0.1, -0.05) is 0 Å². The van der Waals surface area contributed by atoms with E-state index in [2.05, 4.69) is 10.3 Å². The summed E-state index contributed by atoms with van der Waals surface area (Å²) >= 11 is 0. The number of aromatic nitrogens is 1. The number of aromatic hydroxyl groups is 1. The first-order valence-electron chi connectivity index (χ1n) is 7.95. The molecule has 0 spiro atoms. The molecule has 1 aromatic heterocycles. The Bertz CT molecular complexity index is 908. The summed E-state index contributed by atoms with van der Waals surface area (Å²) in [5.74, 6) is -1.80. The fourth-order valence-corrected chi connectivity index (χ4v) is 4.85. The molecule has 0 saturated heterocycles. The average molecular weight is 379 g/mol. The maximum atomic E-state index is 12.9. The number of nitrogens with zero attached hydrogens (tertiary/aromatic N) is 2. The molecule has 0 fully saturated rings. The Morgan fingerprint density at radius 1 is 1.46 bits per heavy atom. The molecule has 0 saturated carbocycles. The minimum atomic E-state index is -3.96. The van der Waals surface area contributed by atoms with E-state index in [0.717, 1.165) is 4.90 Å². The molecule has 0 radical (unpaired) electrons. The van der Waals surface area contributed by atoms with Gasteiger partial charge in [0.25, 0.3) is 0 Å². The van der Waals surface area contributed by atoms with Crippen molar-refractivity contribution in [3.8, 4) is 5.75 Å². The fraction of sp³-hybridized carbons (Fsp3) is 0.375. The summed E-state index contributed by atoms with van der Waals surface area (Å²) in [4.78, 5) is 40.0. The van der Waals surface area contributed by atoms with E-state index in [4.69, 9.17) is 0 Å². The lowest BCUT2D eigenvalue weighted by atomic mass is 10.2. The smallest absolute Gasteiger partial charge is 0.228 e. The number of hydrogen-bond donors (Lipinski definition) is 2. The third-order valence-corrected chi connectivity index (χ3v) is 6.17. The zero-order valence-electron chi connectivity index (χ0n) is 13.7. The molecule has 0 aliphatic carbocycles. The van der Waals surface area contributed by atoms with Crippen molar-refractivity contribution >= 4 is 27.8 Å². The van der Waals surface area contributed by atoms with Gasteiger partial charge in [-0.05, 0) is 12.1 Å². The van der Waals surface area contributed by atoms with Crippen molar-refractivity contribution in [2.75, 3.05) is 6.54 Å². The van der Waals surface area contributed by atoms with E-state index in [1.54, 1.807) is 0 Å². The van der Waals surface area contributed by atoms with Crippen molar-refractivity contribution in [1.82, 2.24) is 15.2 Å². The maximum Gasteiger partial charge on any atom is 0.228 e. The maximum absolute atomic E-state index is 12.9. The molecular formula is C16H17N3O6S. The van der Waals surface area contributed by atoms with Crippen molar-refractivity contribution in [3.05, 3.63) is 35.4 Å². The van der Waals surface area contributed by atoms with Gasteiger partial charge in [0, 0.05) is 31.2 Å². The van der Waals surface area contributed by atoms with Crippen LogP contribution in [0.5, 0.6) is 5.75 Å². The second-order valence-electron chi connectivity index (χ2n) is 6.01. The highest BCUT2D eigenvalue weighted by molar-refractivity contribution is 7.91. The fourth-order valence-electron chi connectivity index (χ4n) is 3.08. The van der Waals surface area contributed by atoms with Crippen LogP contribution in [0.3, 0.4) is 0 Å². The number of Topliss-reactive ketones (excluding diaryl/α,β-unsaturated/α-hetero) is 1. The number of pyridine rings is 1. The van der Waals surface area contributed by atoms with E-state index in [9.17, 15) is 27.9 Å². The number of carbonyl (C=O) groups is 3. The first-order chi connectivity index (χ1) is 12.3. The number of carbonyl (C=O) groups excluding carboxylic acids is 3. The monoisotopic (exact) mass is 379 g/mol. The van der Waals surface area contributed by atoms with E-state index < -0.39 is 26.9 Å². The van der Waals surface area contributed by atoms with Crippen LogP contribution in [0.2, 0.25) is 0 Å². The molecule has 1 unspecified atom stereocenters. The molecule has 2 N–H and O–H groups in total. The summed E-state index contributed by atoms with van der Waals surface area (Å²) in [6.07, 6.45) is 1.63. The molecule has 1 atom stereocenters. The molecule has 3 rings (SSSR count). The Kier molecular flexibility index (Phi) is 4.77. The molecule has 9 nitrogen and oxygen atoms in total. The van der Waals surface area contributed by atoms with Crippen molar-refractivity contribution < 1.29 is 27.9 Å². The van der Waals surface area contributed by atoms with Crippen LogP contribution in [-0.2, 0) is 30.0 Å². The molecule has 1 aromatic rings. The van der Waals surface area contributed by atoms with Crippen LogP contribution >= 0.6 is 0 Å². The Labute approximate surface area is 149 Å². The highest BCUT2D eigenvalue weighted by Crippen LogP contribution is 2.36. The molecule has 2 aliphatic rings. The lowest BCUT2D eigenvalue weighted by Crippen LogP contribution is -2.43. The van der Waals surface area contributed by atoms with Crippen molar-refractivity contribution in [1.29, 1.82) is 0 Å². The molecule has 138 valence electrons. The molecule has 26 heavy (non-hydrogen) atoms. The minimum absolute atomic E-state index is 0.00985. The van der Waals surface area contributed by atoms with Crippen LogP contribution in [0.25, 0.3) is 0 Å². The van der Waals surface area contributed by atoms with Gasteiger partial charge in [-0.15, -0.1) is 0 Å². The largest absolute Gasteiger partial charge is 0.506 e.